The average molecular weight is 202 g/mol. The molecule has 1 fully saturated rings. The van der Waals surface area contributed by atoms with Crippen LogP contribution >= 0.6 is 0 Å². The van der Waals surface area contributed by atoms with Crippen LogP contribution in [0.2, 0.25) is 0 Å². The van der Waals surface area contributed by atoms with Gasteiger partial charge in [-0.05, 0) is 13.3 Å². The van der Waals surface area contributed by atoms with Crippen molar-refractivity contribution in [2.45, 2.75) is 13.3 Å². The van der Waals surface area contributed by atoms with Crippen LogP contribution in [-0.4, -0.2) is 45.4 Å². The van der Waals surface area contributed by atoms with E-state index < -0.39 is 0 Å². The smallest absolute Gasteiger partial charge is 0.163 e. The Morgan fingerprint density at radius 2 is 2.21 bits per heavy atom. The van der Waals surface area contributed by atoms with Crippen LogP contribution in [0.4, 0.5) is 0 Å². The lowest BCUT2D eigenvalue weighted by molar-refractivity contribution is -0.128. The molecular weight excluding hydrogens is 184 g/mol. The number of ketones is 1. The Hall–Kier alpha value is -0.450. The SMILES string of the molecule is CCOCCOCC(=O)C1CCOC1. The summed E-state index contributed by atoms with van der Waals surface area (Å²) in [7, 11) is 0. The van der Waals surface area contributed by atoms with Crippen LogP contribution in [0.15, 0.2) is 0 Å². The summed E-state index contributed by atoms with van der Waals surface area (Å²) >= 11 is 0. The molecule has 1 saturated heterocycles. The number of hydrogen-bond acceptors (Lipinski definition) is 4. The van der Waals surface area contributed by atoms with Crippen LogP contribution in [0, 0.1) is 5.92 Å². The molecule has 0 aliphatic carbocycles. The Bertz CT molecular complexity index is 164. The fraction of sp³-hybridized carbons (Fsp3) is 0.900. The van der Waals surface area contributed by atoms with E-state index in [-0.39, 0.29) is 18.3 Å². The monoisotopic (exact) mass is 202 g/mol. The lowest BCUT2D eigenvalue weighted by Crippen LogP contribution is -2.21. The molecule has 0 radical (unpaired) electrons. The maximum Gasteiger partial charge on any atom is 0.163 e. The van der Waals surface area contributed by atoms with E-state index in [4.69, 9.17) is 14.2 Å². The Morgan fingerprint density at radius 1 is 1.43 bits per heavy atom. The Labute approximate surface area is 84.5 Å². The van der Waals surface area contributed by atoms with Crippen molar-refractivity contribution in [1.29, 1.82) is 0 Å². The average Bonchev–Trinajstić information content (AvgIpc) is 2.70. The lowest BCUT2D eigenvalue weighted by Gasteiger charge is -2.07. The molecule has 1 aliphatic rings. The van der Waals surface area contributed by atoms with Gasteiger partial charge >= 0.3 is 0 Å². The second-order valence-electron chi connectivity index (χ2n) is 3.28. The van der Waals surface area contributed by atoms with Gasteiger partial charge in [-0.2, -0.15) is 0 Å². The van der Waals surface area contributed by atoms with Crippen molar-refractivity contribution >= 4 is 5.78 Å². The molecule has 1 unspecified atom stereocenters. The Balaban J connectivity index is 1.97. The summed E-state index contributed by atoms with van der Waals surface area (Å²) in [6, 6.07) is 0. The van der Waals surface area contributed by atoms with E-state index in [0.717, 1.165) is 6.42 Å². The van der Waals surface area contributed by atoms with Gasteiger partial charge in [-0.15, -0.1) is 0 Å². The van der Waals surface area contributed by atoms with Crippen molar-refractivity contribution in [3.8, 4) is 0 Å². The second kappa shape index (κ2) is 6.92. The number of Topliss-reactive ketones (excluding diaryl/α,β-unsaturated/α-hetero) is 1. The number of rotatable bonds is 7. The molecule has 0 aromatic carbocycles. The fourth-order valence-electron chi connectivity index (χ4n) is 1.34. The van der Waals surface area contributed by atoms with Crippen molar-refractivity contribution < 1.29 is 19.0 Å². The van der Waals surface area contributed by atoms with Gasteiger partial charge in [0, 0.05) is 19.1 Å². The minimum atomic E-state index is 0.0575. The summed E-state index contributed by atoms with van der Waals surface area (Å²) in [6.07, 6.45) is 0.841. The highest BCUT2D eigenvalue weighted by Gasteiger charge is 2.22. The largest absolute Gasteiger partial charge is 0.381 e. The van der Waals surface area contributed by atoms with Crippen molar-refractivity contribution in [1.82, 2.24) is 0 Å². The minimum absolute atomic E-state index is 0.0575. The van der Waals surface area contributed by atoms with Gasteiger partial charge in [0.25, 0.3) is 0 Å². The van der Waals surface area contributed by atoms with E-state index in [1.54, 1.807) is 0 Å². The number of carbonyl (C=O) groups excluding carboxylic acids is 1. The first-order chi connectivity index (χ1) is 6.84. The van der Waals surface area contributed by atoms with Crippen molar-refractivity contribution in [2.24, 2.45) is 5.92 Å². The zero-order valence-corrected chi connectivity index (χ0v) is 8.66. The van der Waals surface area contributed by atoms with Gasteiger partial charge in [0.2, 0.25) is 0 Å². The summed E-state index contributed by atoms with van der Waals surface area (Å²) in [5.74, 6) is 0.209. The van der Waals surface area contributed by atoms with E-state index in [1.807, 2.05) is 6.92 Å². The number of carbonyl (C=O) groups is 1. The first-order valence-corrected chi connectivity index (χ1v) is 5.10. The molecule has 1 heterocycles. The van der Waals surface area contributed by atoms with Crippen molar-refractivity contribution in [2.75, 3.05) is 39.6 Å². The molecule has 0 amide bonds. The highest BCUT2D eigenvalue weighted by atomic mass is 16.5. The van der Waals surface area contributed by atoms with Crippen LogP contribution in [0.25, 0.3) is 0 Å². The fourth-order valence-corrected chi connectivity index (χ4v) is 1.34. The molecule has 0 aromatic heterocycles. The first kappa shape index (κ1) is 11.6. The summed E-state index contributed by atoms with van der Waals surface area (Å²) in [6.45, 7) is 5.14. The van der Waals surface area contributed by atoms with Crippen molar-refractivity contribution in [3.05, 3.63) is 0 Å². The molecule has 82 valence electrons. The van der Waals surface area contributed by atoms with Gasteiger partial charge in [-0.3, -0.25) is 4.79 Å². The predicted octanol–water partition coefficient (Wildman–Crippen LogP) is 0.645. The molecule has 14 heavy (non-hydrogen) atoms. The highest BCUT2D eigenvalue weighted by molar-refractivity contribution is 5.82. The third-order valence-electron chi connectivity index (χ3n) is 2.21. The Kier molecular flexibility index (Phi) is 5.75. The van der Waals surface area contributed by atoms with E-state index in [2.05, 4.69) is 0 Å². The third-order valence-corrected chi connectivity index (χ3v) is 2.21. The predicted molar refractivity (Wildman–Crippen MR) is 51.2 cm³/mol. The van der Waals surface area contributed by atoms with E-state index in [9.17, 15) is 4.79 Å². The van der Waals surface area contributed by atoms with Gasteiger partial charge in [0.05, 0.1) is 19.8 Å². The van der Waals surface area contributed by atoms with E-state index >= 15 is 0 Å². The van der Waals surface area contributed by atoms with E-state index in [1.165, 1.54) is 0 Å². The zero-order chi connectivity index (χ0) is 10.2. The number of hydrogen-bond donors (Lipinski definition) is 0. The zero-order valence-electron chi connectivity index (χ0n) is 8.66. The second-order valence-corrected chi connectivity index (χ2v) is 3.28. The molecule has 4 heteroatoms. The molecule has 0 bridgehead atoms. The molecule has 1 aliphatic heterocycles. The normalized spacial score (nSPS) is 21.4. The lowest BCUT2D eigenvalue weighted by atomic mass is 10.0. The molecule has 1 atom stereocenters. The van der Waals surface area contributed by atoms with Crippen LogP contribution in [0.1, 0.15) is 13.3 Å². The minimum Gasteiger partial charge on any atom is -0.381 e. The molecule has 0 spiro atoms. The molecule has 4 nitrogen and oxygen atoms in total. The van der Waals surface area contributed by atoms with Crippen LogP contribution in [0.5, 0.6) is 0 Å². The summed E-state index contributed by atoms with van der Waals surface area (Å²) in [5, 5.41) is 0. The van der Waals surface area contributed by atoms with Gasteiger partial charge in [-0.25, -0.2) is 0 Å². The van der Waals surface area contributed by atoms with Gasteiger partial charge in [0.1, 0.15) is 6.61 Å². The van der Waals surface area contributed by atoms with Crippen molar-refractivity contribution in [3.63, 3.8) is 0 Å². The maximum absolute atomic E-state index is 11.4. The standard InChI is InChI=1S/C10H18O4/c1-2-12-5-6-14-8-10(11)9-3-4-13-7-9/h9H,2-8H2,1H3. The van der Waals surface area contributed by atoms with Crippen LogP contribution < -0.4 is 0 Å². The van der Waals surface area contributed by atoms with E-state index in [0.29, 0.717) is 33.0 Å². The molecule has 0 aromatic rings. The Morgan fingerprint density at radius 3 is 2.86 bits per heavy atom. The third kappa shape index (κ3) is 4.17. The van der Waals surface area contributed by atoms with Crippen LogP contribution in [0.3, 0.4) is 0 Å². The summed E-state index contributed by atoms with van der Waals surface area (Å²) in [4.78, 5) is 11.4. The van der Waals surface area contributed by atoms with Gasteiger partial charge in [0.15, 0.2) is 5.78 Å². The van der Waals surface area contributed by atoms with Crippen LogP contribution in [-0.2, 0) is 19.0 Å². The maximum atomic E-state index is 11.4. The van der Waals surface area contributed by atoms with Gasteiger partial charge < -0.3 is 14.2 Å². The summed E-state index contributed by atoms with van der Waals surface area (Å²) in [5.41, 5.74) is 0. The topological polar surface area (TPSA) is 44.8 Å². The first-order valence-electron chi connectivity index (χ1n) is 5.10. The number of ether oxygens (including phenoxy) is 3. The molecule has 0 N–H and O–H groups in total. The highest BCUT2D eigenvalue weighted by Crippen LogP contribution is 2.13. The van der Waals surface area contributed by atoms with Gasteiger partial charge in [-0.1, -0.05) is 0 Å². The summed E-state index contributed by atoms with van der Waals surface area (Å²) < 4.78 is 15.4. The molecule has 0 saturated carbocycles. The quantitative estimate of drug-likeness (QED) is 0.568. The molecule has 1 rings (SSSR count). The molecular formula is C10H18O4.